The minimum absolute atomic E-state index is 0. The van der Waals surface area contributed by atoms with Crippen molar-refractivity contribution < 1.29 is 21.2 Å². The number of nitrogens with one attached hydrogen (secondary N) is 2. The van der Waals surface area contributed by atoms with Crippen LogP contribution in [0.5, 0.6) is 0 Å². The predicted octanol–water partition coefficient (Wildman–Crippen LogP) is 1.63. The zero-order chi connectivity index (χ0) is 18.7. The van der Waals surface area contributed by atoms with Crippen LogP contribution < -0.4 is 10.0 Å². The molecule has 150 valence electrons. The Morgan fingerprint density at radius 1 is 1.19 bits per heavy atom. The third-order valence-electron chi connectivity index (χ3n) is 4.29. The quantitative estimate of drug-likeness (QED) is 0.686. The molecule has 2 rings (SSSR count). The largest absolute Gasteiger partial charge is 0.319 e. The zero-order valence-electron chi connectivity index (χ0n) is 14.7. The second-order valence-electron chi connectivity index (χ2n) is 6.05. The molecule has 7 nitrogen and oxygen atoms in total. The van der Waals surface area contributed by atoms with Crippen LogP contribution in [0, 0.1) is 11.7 Å². The highest BCUT2D eigenvalue weighted by molar-refractivity contribution is 7.92. The molecule has 1 fully saturated rings. The first kappa shape index (κ1) is 23.1. The number of rotatable bonds is 7. The third-order valence-corrected chi connectivity index (χ3v) is 7.48. The van der Waals surface area contributed by atoms with Crippen LogP contribution in [0.3, 0.4) is 0 Å². The van der Waals surface area contributed by atoms with Crippen molar-refractivity contribution in [1.82, 2.24) is 9.62 Å². The molecule has 0 amide bonds. The minimum atomic E-state index is -3.79. The van der Waals surface area contributed by atoms with Crippen LogP contribution in [0.1, 0.15) is 19.8 Å². The van der Waals surface area contributed by atoms with E-state index in [2.05, 4.69) is 10.0 Å². The Labute approximate surface area is 160 Å². The normalized spacial score (nSPS) is 16.9. The Morgan fingerprint density at radius 3 is 2.31 bits per heavy atom. The summed E-state index contributed by atoms with van der Waals surface area (Å²) in [6.07, 6.45) is 1.49. The molecule has 2 N–H and O–H groups in total. The predicted molar refractivity (Wildman–Crippen MR) is 102 cm³/mol. The lowest BCUT2D eigenvalue weighted by Crippen LogP contribution is -2.40. The van der Waals surface area contributed by atoms with E-state index in [1.165, 1.54) is 17.3 Å². The van der Waals surface area contributed by atoms with Gasteiger partial charge < -0.3 is 5.32 Å². The van der Waals surface area contributed by atoms with E-state index in [9.17, 15) is 21.2 Å². The Morgan fingerprint density at radius 2 is 1.81 bits per heavy atom. The topological polar surface area (TPSA) is 95.6 Å². The monoisotopic (exact) mass is 429 g/mol. The summed E-state index contributed by atoms with van der Waals surface area (Å²) in [5.41, 5.74) is -0.256. The molecule has 0 unspecified atom stereocenters. The second-order valence-corrected chi connectivity index (χ2v) is 10.0. The third kappa shape index (κ3) is 5.53. The molecule has 0 radical (unpaired) electrons. The van der Waals surface area contributed by atoms with Crippen molar-refractivity contribution in [3.05, 3.63) is 24.0 Å². The Bertz CT molecular complexity index is 810. The van der Waals surface area contributed by atoms with E-state index in [0.717, 1.165) is 31.5 Å². The summed E-state index contributed by atoms with van der Waals surface area (Å²) < 4.78 is 66.0. The fraction of sp³-hybridized carbons (Fsp3) is 0.600. The molecule has 0 atom stereocenters. The van der Waals surface area contributed by atoms with Gasteiger partial charge in [-0.1, -0.05) is 0 Å². The lowest BCUT2D eigenvalue weighted by Gasteiger charge is -2.31. The van der Waals surface area contributed by atoms with E-state index in [0.29, 0.717) is 19.0 Å². The summed E-state index contributed by atoms with van der Waals surface area (Å²) in [5.74, 6) is -0.684. The number of benzene rings is 1. The molecule has 0 spiro atoms. The first-order valence-corrected chi connectivity index (χ1v) is 11.2. The molecule has 1 aromatic carbocycles. The van der Waals surface area contributed by atoms with Crippen LogP contribution in [0.15, 0.2) is 23.1 Å². The van der Waals surface area contributed by atoms with Crippen molar-refractivity contribution in [2.24, 2.45) is 5.92 Å². The Hall–Kier alpha value is -0.940. The summed E-state index contributed by atoms with van der Waals surface area (Å²) in [4.78, 5) is -0.170. The molecule has 0 bridgehead atoms. The van der Waals surface area contributed by atoms with Crippen LogP contribution in [0.25, 0.3) is 0 Å². The number of piperidine rings is 1. The highest BCUT2D eigenvalue weighted by Gasteiger charge is 2.29. The summed E-state index contributed by atoms with van der Waals surface area (Å²) in [6, 6.07) is 3.23. The van der Waals surface area contributed by atoms with Crippen LogP contribution in [-0.2, 0) is 20.0 Å². The van der Waals surface area contributed by atoms with Crippen molar-refractivity contribution in [3.8, 4) is 0 Å². The molecule has 1 saturated heterocycles. The lowest BCUT2D eigenvalue weighted by atomic mass is 9.98. The standard InChI is InChI=1S/C15H24FN3O4S2.ClH/c1-3-24(20,21)18-15-5-4-13(10-14(15)16)25(22,23)19-8-6-12(7-9-19)11-17-2;/h4-5,10,12,17-18H,3,6-9,11H2,1-2H3;1H. The Kier molecular flexibility index (Phi) is 8.28. The summed E-state index contributed by atoms with van der Waals surface area (Å²) >= 11 is 0. The van der Waals surface area contributed by atoms with Gasteiger partial charge in [-0.2, -0.15) is 4.31 Å². The zero-order valence-corrected chi connectivity index (χ0v) is 17.2. The molecule has 26 heavy (non-hydrogen) atoms. The highest BCUT2D eigenvalue weighted by atomic mass is 35.5. The number of sulfonamides is 2. The van der Waals surface area contributed by atoms with Crippen LogP contribution in [-0.4, -0.2) is 53.6 Å². The number of hydrogen-bond donors (Lipinski definition) is 2. The maximum absolute atomic E-state index is 14.2. The molecule has 0 aliphatic carbocycles. The minimum Gasteiger partial charge on any atom is -0.319 e. The van der Waals surface area contributed by atoms with Gasteiger partial charge in [-0.25, -0.2) is 21.2 Å². The van der Waals surface area contributed by atoms with Gasteiger partial charge in [0.1, 0.15) is 5.82 Å². The first-order chi connectivity index (χ1) is 11.7. The van der Waals surface area contributed by atoms with Gasteiger partial charge in [0.05, 0.1) is 16.3 Å². The van der Waals surface area contributed by atoms with E-state index in [1.807, 2.05) is 7.05 Å². The number of nitrogens with zero attached hydrogens (tertiary/aromatic N) is 1. The van der Waals surface area contributed by atoms with Crippen LogP contribution >= 0.6 is 12.4 Å². The summed E-state index contributed by atoms with van der Waals surface area (Å²) in [5, 5.41) is 3.09. The molecular formula is C15H25ClFN3O4S2. The fourth-order valence-electron chi connectivity index (χ4n) is 2.77. The van der Waals surface area contributed by atoms with Gasteiger partial charge in [0, 0.05) is 13.1 Å². The van der Waals surface area contributed by atoms with Crippen LogP contribution in [0.4, 0.5) is 10.1 Å². The van der Waals surface area contributed by atoms with Crippen molar-refractivity contribution >= 4 is 38.1 Å². The van der Waals surface area contributed by atoms with E-state index in [1.54, 1.807) is 0 Å². The van der Waals surface area contributed by atoms with E-state index < -0.39 is 25.9 Å². The smallest absolute Gasteiger partial charge is 0.243 e. The van der Waals surface area contributed by atoms with Gasteiger partial charge in [-0.3, -0.25) is 4.72 Å². The summed E-state index contributed by atoms with van der Waals surface area (Å²) in [6.45, 7) is 3.05. The molecule has 1 aliphatic heterocycles. The highest BCUT2D eigenvalue weighted by Crippen LogP contribution is 2.26. The SMILES string of the molecule is CCS(=O)(=O)Nc1ccc(S(=O)(=O)N2CCC(CNC)CC2)cc1F.Cl. The first-order valence-electron chi connectivity index (χ1n) is 8.14. The molecular weight excluding hydrogens is 405 g/mol. The van der Waals surface area contributed by atoms with Crippen LogP contribution in [0.2, 0.25) is 0 Å². The molecule has 11 heteroatoms. The fourth-order valence-corrected chi connectivity index (χ4v) is 4.90. The van der Waals surface area contributed by atoms with Gasteiger partial charge in [0.25, 0.3) is 0 Å². The van der Waals surface area contributed by atoms with Crippen molar-refractivity contribution in [2.45, 2.75) is 24.7 Å². The average molecular weight is 430 g/mol. The average Bonchev–Trinajstić information content (AvgIpc) is 2.57. The van der Waals surface area contributed by atoms with Crippen molar-refractivity contribution in [3.63, 3.8) is 0 Å². The van der Waals surface area contributed by atoms with Gasteiger partial charge in [-0.05, 0) is 57.5 Å². The van der Waals surface area contributed by atoms with E-state index in [-0.39, 0.29) is 28.7 Å². The van der Waals surface area contributed by atoms with Gasteiger partial charge in [0.2, 0.25) is 20.0 Å². The maximum Gasteiger partial charge on any atom is 0.243 e. The number of anilines is 1. The van der Waals surface area contributed by atoms with E-state index >= 15 is 0 Å². The van der Waals surface area contributed by atoms with E-state index in [4.69, 9.17) is 0 Å². The maximum atomic E-state index is 14.2. The molecule has 1 aliphatic rings. The molecule has 1 heterocycles. The van der Waals surface area contributed by atoms with Crippen molar-refractivity contribution in [2.75, 3.05) is 37.2 Å². The van der Waals surface area contributed by atoms with Crippen molar-refractivity contribution in [1.29, 1.82) is 0 Å². The lowest BCUT2D eigenvalue weighted by molar-refractivity contribution is 0.270. The van der Waals surface area contributed by atoms with Gasteiger partial charge >= 0.3 is 0 Å². The van der Waals surface area contributed by atoms with Gasteiger partial charge in [-0.15, -0.1) is 12.4 Å². The number of halogens is 2. The Balaban J connectivity index is 0.00000338. The molecule has 0 aromatic heterocycles. The second kappa shape index (κ2) is 9.32. The summed E-state index contributed by atoms with van der Waals surface area (Å²) in [7, 11) is -5.56. The molecule has 0 saturated carbocycles. The number of hydrogen-bond acceptors (Lipinski definition) is 5. The van der Waals surface area contributed by atoms with Gasteiger partial charge in [0.15, 0.2) is 0 Å². The molecule has 1 aromatic rings.